The van der Waals surface area contributed by atoms with Crippen molar-refractivity contribution in [1.82, 2.24) is 15.1 Å². The normalized spacial score (nSPS) is 10.7. The van der Waals surface area contributed by atoms with E-state index in [1.54, 1.807) is 30.5 Å². The highest BCUT2D eigenvalue weighted by Gasteiger charge is 2.14. The summed E-state index contributed by atoms with van der Waals surface area (Å²) in [6.07, 6.45) is 1.59. The van der Waals surface area contributed by atoms with Gasteiger partial charge in [-0.3, -0.25) is 0 Å². The van der Waals surface area contributed by atoms with Gasteiger partial charge in [-0.2, -0.15) is 4.98 Å². The zero-order valence-corrected chi connectivity index (χ0v) is 11.6. The molecule has 2 N–H and O–H groups in total. The van der Waals surface area contributed by atoms with E-state index in [1.807, 2.05) is 0 Å². The summed E-state index contributed by atoms with van der Waals surface area (Å²) in [4.78, 5) is 8.32. The van der Waals surface area contributed by atoms with Gasteiger partial charge in [-0.25, -0.2) is 9.37 Å². The highest BCUT2D eigenvalue weighted by Crippen LogP contribution is 2.26. The number of nitrogens with zero attached hydrogens (tertiary/aromatic N) is 3. The first-order chi connectivity index (χ1) is 9.65. The lowest BCUT2D eigenvalue weighted by Gasteiger charge is -1.97. The van der Waals surface area contributed by atoms with E-state index < -0.39 is 0 Å². The van der Waals surface area contributed by atoms with Crippen LogP contribution < -0.4 is 5.73 Å². The SMILES string of the molecule is Nc1cccnc1-c1nc(-c2ccc(F)c(Br)c2)no1. The Morgan fingerprint density at radius 3 is 2.85 bits per heavy atom. The summed E-state index contributed by atoms with van der Waals surface area (Å²) < 4.78 is 18.7. The van der Waals surface area contributed by atoms with Gasteiger partial charge in [-0.1, -0.05) is 5.16 Å². The molecule has 0 aliphatic rings. The van der Waals surface area contributed by atoms with Crippen molar-refractivity contribution in [2.75, 3.05) is 5.73 Å². The molecule has 0 radical (unpaired) electrons. The fourth-order valence-corrected chi connectivity index (χ4v) is 2.05. The molecule has 0 aliphatic carbocycles. The smallest absolute Gasteiger partial charge is 0.278 e. The van der Waals surface area contributed by atoms with Crippen LogP contribution >= 0.6 is 15.9 Å². The van der Waals surface area contributed by atoms with Crippen LogP contribution in [0.2, 0.25) is 0 Å². The number of hydrogen-bond acceptors (Lipinski definition) is 5. The molecule has 0 saturated carbocycles. The van der Waals surface area contributed by atoms with Crippen molar-refractivity contribution in [2.45, 2.75) is 0 Å². The molecule has 1 aromatic carbocycles. The molecular formula is C13H8BrFN4O. The highest BCUT2D eigenvalue weighted by molar-refractivity contribution is 9.10. The molecule has 0 aliphatic heterocycles. The van der Waals surface area contributed by atoms with Gasteiger partial charge in [0.2, 0.25) is 5.82 Å². The van der Waals surface area contributed by atoms with E-state index in [-0.39, 0.29) is 11.7 Å². The van der Waals surface area contributed by atoms with Crippen molar-refractivity contribution in [3.8, 4) is 23.0 Å². The molecule has 7 heteroatoms. The molecule has 3 aromatic rings. The molecule has 0 bridgehead atoms. The monoisotopic (exact) mass is 334 g/mol. The Hall–Kier alpha value is -2.28. The fraction of sp³-hybridized carbons (Fsp3) is 0. The highest BCUT2D eigenvalue weighted by atomic mass is 79.9. The predicted molar refractivity (Wildman–Crippen MR) is 75.0 cm³/mol. The van der Waals surface area contributed by atoms with E-state index in [4.69, 9.17) is 10.3 Å². The van der Waals surface area contributed by atoms with Crippen LogP contribution in [0, 0.1) is 5.82 Å². The van der Waals surface area contributed by atoms with E-state index in [1.165, 1.54) is 6.07 Å². The minimum absolute atomic E-state index is 0.221. The Morgan fingerprint density at radius 1 is 1.25 bits per heavy atom. The Morgan fingerprint density at radius 2 is 2.10 bits per heavy atom. The van der Waals surface area contributed by atoms with Gasteiger partial charge in [0.05, 0.1) is 10.2 Å². The zero-order chi connectivity index (χ0) is 14.1. The molecule has 100 valence electrons. The molecule has 0 fully saturated rings. The number of anilines is 1. The minimum atomic E-state index is -0.355. The molecule has 3 rings (SSSR count). The third kappa shape index (κ3) is 2.27. The molecule has 0 amide bonds. The molecule has 0 atom stereocenters. The average Bonchev–Trinajstić information content (AvgIpc) is 2.92. The van der Waals surface area contributed by atoms with Crippen LogP contribution in [-0.2, 0) is 0 Å². The van der Waals surface area contributed by atoms with E-state index in [9.17, 15) is 4.39 Å². The van der Waals surface area contributed by atoms with Crippen molar-refractivity contribution in [3.63, 3.8) is 0 Å². The molecule has 0 spiro atoms. The van der Waals surface area contributed by atoms with Crippen LogP contribution in [0.15, 0.2) is 45.5 Å². The summed E-state index contributed by atoms with van der Waals surface area (Å²) in [5, 5.41) is 3.85. The van der Waals surface area contributed by atoms with Crippen molar-refractivity contribution >= 4 is 21.6 Å². The fourth-order valence-electron chi connectivity index (χ4n) is 1.67. The summed E-state index contributed by atoms with van der Waals surface area (Å²) >= 11 is 3.11. The van der Waals surface area contributed by atoms with Crippen molar-refractivity contribution in [1.29, 1.82) is 0 Å². The van der Waals surface area contributed by atoms with Gasteiger partial charge in [-0.15, -0.1) is 0 Å². The van der Waals surface area contributed by atoms with Gasteiger partial charge < -0.3 is 10.3 Å². The lowest BCUT2D eigenvalue weighted by atomic mass is 10.2. The number of nitrogens with two attached hydrogens (primary N) is 1. The first-order valence-electron chi connectivity index (χ1n) is 5.65. The van der Waals surface area contributed by atoms with Crippen molar-refractivity contribution in [2.24, 2.45) is 0 Å². The van der Waals surface area contributed by atoms with Crippen LogP contribution in [0.3, 0.4) is 0 Å². The van der Waals surface area contributed by atoms with Crippen LogP contribution in [-0.4, -0.2) is 15.1 Å². The van der Waals surface area contributed by atoms with Crippen molar-refractivity contribution < 1.29 is 8.91 Å². The Balaban J connectivity index is 2.02. The second kappa shape index (κ2) is 5.01. The van der Waals surface area contributed by atoms with Gasteiger partial charge in [-0.05, 0) is 46.3 Å². The van der Waals surface area contributed by atoms with Gasteiger partial charge in [0, 0.05) is 11.8 Å². The second-order valence-electron chi connectivity index (χ2n) is 3.99. The van der Waals surface area contributed by atoms with Gasteiger partial charge in [0.25, 0.3) is 5.89 Å². The average molecular weight is 335 g/mol. The Labute approximate surface area is 121 Å². The number of nitrogen functional groups attached to an aromatic ring is 1. The maximum Gasteiger partial charge on any atom is 0.278 e. The molecular weight excluding hydrogens is 327 g/mol. The molecule has 2 aromatic heterocycles. The molecule has 2 heterocycles. The Kier molecular flexibility index (Phi) is 3.19. The number of rotatable bonds is 2. The summed E-state index contributed by atoms with van der Waals surface area (Å²) in [5.41, 5.74) is 7.30. The van der Waals surface area contributed by atoms with E-state index >= 15 is 0 Å². The number of hydrogen-bond donors (Lipinski definition) is 1. The number of pyridine rings is 1. The van der Waals surface area contributed by atoms with Gasteiger partial charge in [0.15, 0.2) is 5.69 Å². The van der Waals surface area contributed by atoms with Crippen LogP contribution in [0.4, 0.5) is 10.1 Å². The zero-order valence-electron chi connectivity index (χ0n) is 10.0. The lowest BCUT2D eigenvalue weighted by Crippen LogP contribution is -1.92. The van der Waals surface area contributed by atoms with E-state index in [0.29, 0.717) is 27.2 Å². The third-order valence-corrected chi connectivity index (χ3v) is 3.25. The molecule has 0 unspecified atom stereocenters. The quantitative estimate of drug-likeness (QED) is 0.778. The largest absolute Gasteiger partial charge is 0.397 e. The van der Waals surface area contributed by atoms with Crippen molar-refractivity contribution in [3.05, 3.63) is 46.8 Å². The number of halogens is 2. The standard InChI is InChI=1S/C13H8BrFN4O/c14-8-6-7(3-4-9(8)15)12-18-13(20-19-12)11-10(16)2-1-5-17-11/h1-6H,16H2. The molecule has 0 saturated heterocycles. The Bertz CT molecular complexity index is 775. The maximum atomic E-state index is 13.2. The van der Waals surface area contributed by atoms with E-state index in [2.05, 4.69) is 31.1 Å². The third-order valence-electron chi connectivity index (χ3n) is 2.65. The predicted octanol–water partition coefficient (Wildman–Crippen LogP) is 3.28. The first-order valence-corrected chi connectivity index (χ1v) is 6.44. The van der Waals surface area contributed by atoms with Crippen LogP contribution in [0.1, 0.15) is 0 Å². The summed E-state index contributed by atoms with van der Waals surface area (Å²) in [5.74, 6) is 0.204. The summed E-state index contributed by atoms with van der Waals surface area (Å²) in [7, 11) is 0. The number of aromatic nitrogens is 3. The topological polar surface area (TPSA) is 77.8 Å². The maximum absolute atomic E-state index is 13.2. The molecule has 5 nitrogen and oxygen atoms in total. The van der Waals surface area contributed by atoms with E-state index in [0.717, 1.165) is 0 Å². The van der Waals surface area contributed by atoms with Crippen LogP contribution in [0.5, 0.6) is 0 Å². The van der Waals surface area contributed by atoms with Gasteiger partial charge in [0.1, 0.15) is 5.82 Å². The first kappa shape index (κ1) is 12.7. The lowest BCUT2D eigenvalue weighted by molar-refractivity contribution is 0.431. The van der Waals surface area contributed by atoms with Crippen LogP contribution in [0.25, 0.3) is 23.0 Å². The van der Waals surface area contributed by atoms with Gasteiger partial charge >= 0.3 is 0 Å². The molecule has 20 heavy (non-hydrogen) atoms. The number of benzene rings is 1. The minimum Gasteiger partial charge on any atom is -0.397 e. The second-order valence-corrected chi connectivity index (χ2v) is 4.85. The summed E-state index contributed by atoms with van der Waals surface area (Å²) in [6.45, 7) is 0. The summed E-state index contributed by atoms with van der Waals surface area (Å²) in [6, 6.07) is 7.88.